The molecule has 8 N–H and O–H groups in total. The van der Waals surface area contributed by atoms with Gasteiger partial charge in [-0.3, -0.25) is 10.1 Å². The quantitative estimate of drug-likeness (QED) is 0.0108. The van der Waals surface area contributed by atoms with E-state index < -0.39 is 36.6 Å². The van der Waals surface area contributed by atoms with Gasteiger partial charge >= 0.3 is 5.97 Å². The lowest BCUT2D eigenvalue weighted by Gasteiger charge is -2.23. The third-order valence-electron chi connectivity index (χ3n) is 13.7. The Morgan fingerprint density at radius 1 is 0.396 bits per heavy atom. The minimum absolute atomic E-state index is 0.193. The van der Waals surface area contributed by atoms with E-state index >= 15 is 0 Å². The summed E-state index contributed by atoms with van der Waals surface area (Å²) in [6, 6.07) is 0. The summed E-state index contributed by atoms with van der Waals surface area (Å²) >= 11 is 0. The van der Waals surface area contributed by atoms with Gasteiger partial charge < -0.3 is 136 Å². The van der Waals surface area contributed by atoms with E-state index in [9.17, 15) is 30.3 Å². The highest BCUT2D eigenvalue weighted by atomic mass is 17.1. The van der Waals surface area contributed by atoms with Gasteiger partial charge in [0.25, 0.3) is 0 Å². The number of aliphatic hydroxyl groups excluding tert-OH is 7. The van der Waals surface area contributed by atoms with Crippen LogP contribution in [0.1, 0.15) is 47.0 Å². The first-order chi connectivity index (χ1) is 50.8. The largest absolute Gasteiger partial charge is 0.463 e. The molecular formula is C75H144N4O27. The number of likely N-dealkylation sites (N-methyl/N-ethyl adjacent to an activating group) is 4. The van der Waals surface area contributed by atoms with Crippen molar-refractivity contribution >= 4 is 5.97 Å². The minimum Gasteiger partial charge on any atom is -0.463 e. The molecule has 15 unspecified atom stereocenters. The van der Waals surface area contributed by atoms with Gasteiger partial charge in [-0.1, -0.05) is 56.4 Å². The molecule has 7 rings (SSSR count). The Labute approximate surface area is 634 Å². The maximum absolute atomic E-state index is 10.1. The van der Waals surface area contributed by atoms with Crippen LogP contribution in [0.3, 0.4) is 0 Å². The molecule has 0 spiro atoms. The van der Waals surface area contributed by atoms with Crippen molar-refractivity contribution in [1.82, 2.24) is 19.6 Å². The van der Waals surface area contributed by atoms with E-state index in [4.69, 9.17) is 86.5 Å². The molecule has 0 aromatic rings. The number of nitrogens with zero attached hydrogens (tertiary/aromatic N) is 4. The molecule has 7 saturated heterocycles. The van der Waals surface area contributed by atoms with E-state index in [2.05, 4.69) is 89.1 Å². The maximum Gasteiger partial charge on any atom is 0.302 e. The number of carbonyl (C=O) groups excluding carboxylic acids is 1. The van der Waals surface area contributed by atoms with Crippen molar-refractivity contribution in [1.29, 1.82) is 0 Å². The van der Waals surface area contributed by atoms with Crippen LogP contribution >= 0.6 is 0 Å². The zero-order valence-electron chi connectivity index (χ0n) is 66.0. The zero-order valence-corrected chi connectivity index (χ0v) is 66.0. The first-order valence-corrected chi connectivity index (χ1v) is 36.4. The number of aliphatic hydroxyl groups is 7. The lowest BCUT2D eigenvalue weighted by molar-refractivity contribution is -0.278. The summed E-state index contributed by atoms with van der Waals surface area (Å²) in [5.74, 6) is -0.236. The molecule has 0 radical (unpaired) electrons. The third kappa shape index (κ3) is 89.4. The molecule has 0 aliphatic carbocycles. The van der Waals surface area contributed by atoms with Crippen molar-refractivity contribution in [3.8, 4) is 0 Å². The molecule has 0 aromatic heterocycles. The lowest BCUT2D eigenvalue weighted by atomic mass is 10.2. The highest BCUT2D eigenvalue weighted by molar-refractivity contribution is 5.65. The van der Waals surface area contributed by atoms with E-state index in [1.807, 2.05) is 33.0 Å². The Hall–Kier alpha value is -3.51. The highest BCUT2D eigenvalue weighted by Gasteiger charge is 2.30. The molecule has 7 aliphatic heterocycles. The second kappa shape index (κ2) is 75.5. The Morgan fingerprint density at radius 3 is 0.906 bits per heavy atom. The molecular weight excluding hydrogens is 1390 g/mol. The monoisotopic (exact) mass is 1530 g/mol. The molecule has 7 fully saturated rings. The molecule has 0 saturated carbocycles. The van der Waals surface area contributed by atoms with Crippen LogP contribution in [0, 0.1) is 0 Å². The summed E-state index contributed by atoms with van der Waals surface area (Å²) in [5.41, 5.74) is 0. The van der Waals surface area contributed by atoms with Gasteiger partial charge in [0.2, 0.25) is 0 Å². The number of carbonyl (C=O) groups is 1. The SMILES string of the molecule is C=CCOCC(O)CC.C=CCOCC(O)CC(C)OO.C=CCOCC(O)CN(C)CC(O)COCC=C.C=CCOCC(O)CN(C)CC1CO1.C=CCOCC(O)CN(C)CC1CO1.C=CCOCC(O)COC.CC(=O)OCC1CO1.CCC1CO1.CN(CC1CO1)CC1CO1.COCC1CO1. The summed E-state index contributed by atoms with van der Waals surface area (Å²) in [7, 11) is 11.1. The zero-order chi connectivity index (χ0) is 80.0. The number of rotatable bonds is 55. The van der Waals surface area contributed by atoms with E-state index in [0.717, 1.165) is 85.5 Å². The highest BCUT2D eigenvalue weighted by Crippen LogP contribution is 2.15. The smallest absolute Gasteiger partial charge is 0.302 e. The number of esters is 1. The van der Waals surface area contributed by atoms with Gasteiger partial charge in [0.15, 0.2) is 0 Å². The molecule has 7 heterocycles. The van der Waals surface area contributed by atoms with Crippen molar-refractivity contribution < 1.29 is 131 Å². The predicted molar refractivity (Wildman–Crippen MR) is 406 cm³/mol. The number of hydrogen-bond acceptors (Lipinski definition) is 31. The topological polar surface area (TPSA) is 381 Å². The molecule has 0 bridgehead atoms. The third-order valence-corrected chi connectivity index (χ3v) is 13.7. The molecule has 31 heteroatoms. The summed E-state index contributed by atoms with van der Waals surface area (Å²) in [4.78, 5) is 22.3. The van der Waals surface area contributed by atoms with Gasteiger partial charge in [-0.05, 0) is 48.0 Å². The van der Waals surface area contributed by atoms with Crippen LogP contribution in [-0.2, 0) is 90.2 Å². The summed E-state index contributed by atoms with van der Waals surface area (Å²) in [6.45, 7) is 50.9. The van der Waals surface area contributed by atoms with Crippen molar-refractivity contribution in [2.24, 2.45) is 0 Å². The van der Waals surface area contributed by atoms with Gasteiger partial charge in [-0.25, -0.2) is 4.89 Å². The number of hydrogen-bond donors (Lipinski definition) is 8. The average Bonchev–Trinajstić information content (AvgIpc) is 1.76. The van der Waals surface area contributed by atoms with Crippen LogP contribution in [0.25, 0.3) is 0 Å². The van der Waals surface area contributed by atoms with Crippen molar-refractivity contribution in [3.63, 3.8) is 0 Å². The molecule has 626 valence electrons. The van der Waals surface area contributed by atoms with E-state index in [1.54, 1.807) is 56.6 Å². The fourth-order valence-corrected chi connectivity index (χ4v) is 7.93. The summed E-state index contributed by atoms with van der Waals surface area (Å²) in [5, 5.41) is 73.7. The molecule has 31 nitrogen and oxygen atoms in total. The van der Waals surface area contributed by atoms with Crippen molar-refractivity contribution in [2.75, 3.05) is 253 Å². The van der Waals surface area contributed by atoms with Crippen LogP contribution in [0.15, 0.2) is 88.6 Å². The Bertz CT molecular complexity index is 1930. The first-order valence-electron chi connectivity index (χ1n) is 36.4. The molecule has 0 amide bonds. The summed E-state index contributed by atoms with van der Waals surface area (Å²) < 4.78 is 84.3. The van der Waals surface area contributed by atoms with E-state index in [0.29, 0.717) is 155 Å². The van der Waals surface area contributed by atoms with Crippen LogP contribution in [0.5, 0.6) is 0 Å². The van der Waals surface area contributed by atoms with Gasteiger partial charge in [-0.2, -0.15) is 0 Å². The first kappa shape index (κ1) is 107. The molecule has 0 aromatic carbocycles. The fourth-order valence-electron chi connectivity index (χ4n) is 7.93. The van der Waals surface area contributed by atoms with Crippen molar-refractivity contribution in [3.05, 3.63) is 88.6 Å². The van der Waals surface area contributed by atoms with E-state index in [-0.39, 0.29) is 44.1 Å². The molecule has 7 aliphatic rings. The predicted octanol–water partition coefficient (Wildman–Crippen LogP) is 2.27. The second-order valence-corrected chi connectivity index (χ2v) is 25.6. The standard InChI is InChI=1S/C13H25NO4.2C10H19NO3.C8H16O4.C7H13NO2.C7H14O3.C7H14O2.C5H8O3.C4H8O2.C4H8O/c1-4-6-17-10-12(15)8-14(3)9-13(16)11-18-7-5-2;2*1-3-4-13-7-9(12)5-11(2)6-10-8-14-10;1-3-4-11-6-8(9)5-7(2)12-10;1-8(2-6-4-9-6)3-7-5-10-7;1-3-4-10-6-7(8)5-9-2;1-3-5-9-6-7(8)4-2;1-4(6)7-2-5-3-8-5;1-5-2-4-3-6-4;1-2-4-3-5-4/h4-5,12-13,15-16H,1-2,6-11H2,3H3;2*3,9-10,12H,1,4-8H2,2H3;3,7-10H,1,4-6H2,2H3;6-7H,2-5H2,1H3;3,7-8H,1,4-6H2,2H3;3,7-8H,1,4-6H2,2H3;5H,2-3H2,1H3;4H,2-3H2,1H3;4H,2-3H2,1H3. The molecule has 106 heavy (non-hydrogen) atoms. The van der Waals surface area contributed by atoms with Crippen molar-refractivity contribution in [2.45, 2.75) is 139 Å². The van der Waals surface area contributed by atoms with Crippen LogP contribution in [-0.4, -0.2) is 411 Å². The van der Waals surface area contributed by atoms with E-state index in [1.165, 1.54) is 20.5 Å². The van der Waals surface area contributed by atoms with Crippen LogP contribution < -0.4 is 0 Å². The number of methoxy groups -OCH3 is 2. The Morgan fingerprint density at radius 2 is 0.670 bits per heavy atom. The van der Waals surface area contributed by atoms with Gasteiger partial charge in [-0.15, -0.1) is 46.1 Å². The minimum atomic E-state index is -0.605. The fraction of sp³-hybridized carbons (Fsp3) is 0.800. The van der Waals surface area contributed by atoms with Crippen LogP contribution in [0.4, 0.5) is 0 Å². The van der Waals surface area contributed by atoms with Gasteiger partial charge in [0, 0.05) is 79.9 Å². The lowest BCUT2D eigenvalue weighted by Crippen LogP contribution is -2.38. The average molecular weight is 1530 g/mol. The Balaban J connectivity index is -0.00000113. The van der Waals surface area contributed by atoms with Gasteiger partial charge in [0.05, 0.1) is 225 Å². The summed E-state index contributed by atoms with van der Waals surface area (Å²) in [6.07, 6.45) is 13.1. The number of ether oxygens (including phenoxy) is 17. The maximum atomic E-state index is 10.1. The Kier molecular flexibility index (Phi) is 76.0. The van der Waals surface area contributed by atoms with Crippen LogP contribution in [0.2, 0.25) is 0 Å². The number of epoxide rings is 7. The molecule has 15 atom stereocenters. The second-order valence-electron chi connectivity index (χ2n) is 25.6. The normalized spacial score (nSPS) is 21.1. The van der Waals surface area contributed by atoms with Gasteiger partial charge in [0.1, 0.15) is 24.9 Å².